The van der Waals surface area contributed by atoms with E-state index in [1.807, 2.05) is 23.7 Å². The molecule has 0 unspecified atom stereocenters. The summed E-state index contributed by atoms with van der Waals surface area (Å²) in [5.41, 5.74) is 2.79. The van der Waals surface area contributed by atoms with Gasteiger partial charge in [0.05, 0.1) is 25.8 Å². The molecule has 1 aromatic carbocycles. The van der Waals surface area contributed by atoms with Crippen molar-refractivity contribution in [3.63, 3.8) is 0 Å². The van der Waals surface area contributed by atoms with Crippen LogP contribution in [0.5, 0.6) is 0 Å². The van der Waals surface area contributed by atoms with Crippen molar-refractivity contribution in [1.29, 1.82) is 0 Å². The van der Waals surface area contributed by atoms with Crippen molar-refractivity contribution in [3.8, 4) is 0 Å². The minimum Gasteiger partial charge on any atom is -0.379 e. The summed E-state index contributed by atoms with van der Waals surface area (Å²) < 4.78 is 7.53. The van der Waals surface area contributed by atoms with Gasteiger partial charge < -0.3 is 9.72 Å². The Kier molecular flexibility index (Phi) is 7.85. The third kappa shape index (κ3) is 6.15. The molecule has 3 heterocycles. The molecule has 1 saturated heterocycles. The van der Waals surface area contributed by atoms with Crippen molar-refractivity contribution in [2.75, 3.05) is 39.4 Å². The van der Waals surface area contributed by atoms with Gasteiger partial charge in [0.25, 0.3) is 5.56 Å². The molecule has 9 heteroatoms. The Balaban J connectivity index is 1.33. The van der Waals surface area contributed by atoms with E-state index in [-0.39, 0.29) is 5.56 Å². The summed E-state index contributed by atoms with van der Waals surface area (Å²) in [4.78, 5) is 20.8. The van der Waals surface area contributed by atoms with Crippen LogP contribution in [-0.4, -0.2) is 74.4 Å². The van der Waals surface area contributed by atoms with Gasteiger partial charge in [-0.2, -0.15) is 0 Å². The minimum atomic E-state index is -0.0202. The van der Waals surface area contributed by atoms with Crippen LogP contribution in [0.4, 0.5) is 0 Å². The summed E-state index contributed by atoms with van der Waals surface area (Å²) in [6.45, 7) is 8.75. The van der Waals surface area contributed by atoms with E-state index in [9.17, 15) is 4.79 Å². The highest BCUT2D eigenvalue weighted by molar-refractivity contribution is 5.79. The Labute approximate surface area is 206 Å². The van der Waals surface area contributed by atoms with E-state index in [1.165, 1.54) is 19.3 Å². The van der Waals surface area contributed by atoms with Crippen LogP contribution in [0.25, 0.3) is 10.9 Å². The second-order valence-electron chi connectivity index (χ2n) is 10.1. The van der Waals surface area contributed by atoms with Gasteiger partial charge in [-0.3, -0.25) is 14.6 Å². The van der Waals surface area contributed by atoms with Gasteiger partial charge in [-0.1, -0.05) is 31.4 Å². The van der Waals surface area contributed by atoms with Crippen molar-refractivity contribution in [2.45, 2.75) is 64.6 Å². The molecule has 2 fully saturated rings. The molecule has 9 nitrogen and oxygen atoms in total. The van der Waals surface area contributed by atoms with Crippen molar-refractivity contribution < 1.29 is 4.74 Å². The second kappa shape index (κ2) is 11.4. The lowest BCUT2D eigenvalue weighted by molar-refractivity contribution is 0.0358. The van der Waals surface area contributed by atoms with Gasteiger partial charge in [0.15, 0.2) is 5.82 Å². The zero-order chi connectivity index (χ0) is 24.0. The number of aryl methyl sites for hydroxylation is 1. The van der Waals surface area contributed by atoms with Crippen molar-refractivity contribution >= 4 is 10.9 Å². The quantitative estimate of drug-likeness (QED) is 0.504. The minimum absolute atomic E-state index is 0.0202. The molecule has 0 bridgehead atoms. The first kappa shape index (κ1) is 24.1. The fourth-order valence-corrected chi connectivity index (χ4v) is 5.40. The summed E-state index contributed by atoms with van der Waals surface area (Å²) in [6, 6.07) is 8.61. The average Bonchev–Trinajstić information content (AvgIpc) is 3.34. The van der Waals surface area contributed by atoms with Crippen LogP contribution in [0.2, 0.25) is 0 Å². The SMILES string of the molecule is Cc1ccc2cc(CN(CCCN3CCOCC3)Cc3nnnn3C3CCCCC3)c(=O)[nH]c2c1. The lowest BCUT2D eigenvalue weighted by Crippen LogP contribution is -2.38. The first-order valence-electron chi connectivity index (χ1n) is 13.1. The molecule has 1 aliphatic carbocycles. The van der Waals surface area contributed by atoms with E-state index in [1.54, 1.807) is 0 Å². The number of aromatic amines is 1. The number of rotatable bonds is 9. The molecule has 188 valence electrons. The third-order valence-electron chi connectivity index (χ3n) is 7.37. The first-order chi connectivity index (χ1) is 17.2. The van der Waals surface area contributed by atoms with Crippen LogP contribution >= 0.6 is 0 Å². The lowest BCUT2D eigenvalue weighted by Gasteiger charge is -2.28. The second-order valence-corrected chi connectivity index (χ2v) is 10.1. The van der Waals surface area contributed by atoms with Crippen LogP contribution in [0.3, 0.4) is 0 Å². The predicted octanol–water partition coefficient (Wildman–Crippen LogP) is 3.05. The zero-order valence-electron chi connectivity index (χ0n) is 20.8. The number of morpholine rings is 1. The zero-order valence-corrected chi connectivity index (χ0v) is 20.8. The van der Waals surface area contributed by atoms with Crippen molar-refractivity contribution in [3.05, 3.63) is 51.6 Å². The number of nitrogens with zero attached hydrogens (tertiary/aromatic N) is 6. The number of hydrogen-bond donors (Lipinski definition) is 1. The Bertz CT molecular complexity index is 1160. The number of aromatic nitrogens is 5. The van der Waals surface area contributed by atoms with Gasteiger partial charge in [-0.15, -0.1) is 5.10 Å². The molecule has 5 rings (SSSR count). The van der Waals surface area contributed by atoms with Gasteiger partial charge in [0.2, 0.25) is 0 Å². The maximum Gasteiger partial charge on any atom is 0.252 e. The van der Waals surface area contributed by atoms with Crippen LogP contribution in [0.1, 0.15) is 61.5 Å². The molecule has 3 aromatic rings. The van der Waals surface area contributed by atoms with Gasteiger partial charge in [-0.25, -0.2) is 4.68 Å². The van der Waals surface area contributed by atoms with E-state index in [0.717, 1.165) is 86.5 Å². The largest absolute Gasteiger partial charge is 0.379 e. The molecule has 2 aliphatic rings. The van der Waals surface area contributed by atoms with Gasteiger partial charge in [0.1, 0.15) is 0 Å². The Hall–Kier alpha value is -2.62. The van der Waals surface area contributed by atoms with Crippen LogP contribution in [0, 0.1) is 6.92 Å². The van der Waals surface area contributed by atoms with Crippen molar-refractivity contribution in [1.82, 2.24) is 35.0 Å². The molecule has 0 spiro atoms. The number of H-pyrrole nitrogens is 1. The molecular formula is C26H37N7O2. The van der Waals surface area contributed by atoms with E-state index in [0.29, 0.717) is 19.1 Å². The molecule has 0 atom stereocenters. The van der Waals surface area contributed by atoms with E-state index < -0.39 is 0 Å². The number of nitrogens with one attached hydrogen (secondary N) is 1. The van der Waals surface area contributed by atoms with Crippen LogP contribution in [0.15, 0.2) is 29.1 Å². The lowest BCUT2D eigenvalue weighted by atomic mass is 9.95. The van der Waals surface area contributed by atoms with Crippen LogP contribution < -0.4 is 5.56 Å². The summed E-state index contributed by atoms with van der Waals surface area (Å²) >= 11 is 0. The Morgan fingerprint density at radius 1 is 1.11 bits per heavy atom. The maximum atomic E-state index is 13.0. The number of tetrazole rings is 1. The molecule has 1 N–H and O–H groups in total. The highest BCUT2D eigenvalue weighted by atomic mass is 16.5. The van der Waals surface area contributed by atoms with E-state index in [4.69, 9.17) is 4.74 Å². The number of fused-ring (bicyclic) bond motifs is 1. The van der Waals surface area contributed by atoms with Gasteiger partial charge in [0, 0.05) is 37.3 Å². The summed E-state index contributed by atoms with van der Waals surface area (Å²) in [7, 11) is 0. The maximum absolute atomic E-state index is 13.0. The van der Waals surface area contributed by atoms with Crippen LogP contribution in [-0.2, 0) is 17.8 Å². The normalized spacial score (nSPS) is 18.0. The van der Waals surface area contributed by atoms with Gasteiger partial charge >= 0.3 is 0 Å². The summed E-state index contributed by atoms with van der Waals surface area (Å²) in [6.07, 6.45) is 7.07. The first-order valence-corrected chi connectivity index (χ1v) is 13.1. The Morgan fingerprint density at radius 2 is 1.94 bits per heavy atom. The number of hydrogen-bond acceptors (Lipinski definition) is 7. The monoisotopic (exact) mass is 479 g/mol. The van der Waals surface area contributed by atoms with Crippen molar-refractivity contribution in [2.24, 2.45) is 0 Å². The highest BCUT2D eigenvalue weighted by Crippen LogP contribution is 2.28. The fourth-order valence-electron chi connectivity index (χ4n) is 5.40. The Morgan fingerprint density at radius 3 is 2.77 bits per heavy atom. The number of benzene rings is 1. The molecule has 2 aromatic heterocycles. The molecular weight excluding hydrogens is 442 g/mol. The summed E-state index contributed by atoms with van der Waals surface area (Å²) in [5, 5.41) is 13.8. The fraction of sp³-hybridized carbons (Fsp3) is 0.615. The van der Waals surface area contributed by atoms with E-state index in [2.05, 4.69) is 42.4 Å². The average molecular weight is 480 g/mol. The third-order valence-corrected chi connectivity index (χ3v) is 7.37. The standard InChI is InChI=1S/C26H37N7O2/c1-20-8-9-21-17-22(26(34)27-24(21)16-20)18-32(11-5-10-31-12-14-35-15-13-31)19-25-28-29-30-33(25)23-6-3-2-4-7-23/h8-9,16-17,23H,2-7,10-15,18-19H2,1H3,(H,27,34). The molecule has 1 aliphatic heterocycles. The molecule has 35 heavy (non-hydrogen) atoms. The number of pyridine rings is 1. The molecule has 0 radical (unpaired) electrons. The molecule has 0 amide bonds. The summed E-state index contributed by atoms with van der Waals surface area (Å²) in [5.74, 6) is 0.899. The van der Waals surface area contributed by atoms with E-state index >= 15 is 0 Å². The highest BCUT2D eigenvalue weighted by Gasteiger charge is 2.22. The van der Waals surface area contributed by atoms with Gasteiger partial charge in [-0.05, 0) is 66.2 Å². The number of ether oxygens (including phenoxy) is 1. The topological polar surface area (TPSA) is 92.2 Å². The smallest absolute Gasteiger partial charge is 0.252 e. The molecule has 1 saturated carbocycles. The predicted molar refractivity (Wildman–Crippen MR) is 135 cm³/mol.